The highest BCUT2D eigenvalue weighted by Crippen LogP contribution is 2.52. The first-order valence-corrected chi connectivity index (χ1v) is 4.69. The standard InChI is InChI=1S/C10H16O/c11-7-10-8-5-3-1-2-4-6-9(8)10/h1-2,8-11H,3-7H2/b2-1-/t8-,9+,10?. The molecule has 1 saturated carbocycles. The summed E-state index contributed by atoms with van der Waals surface area (Å²) in [5.41, 5.74) is 0. The van der Waals surface area contributed by atoms with Crippen LogP contribution in [0.4, 0.5) is 0 Å². The van der Waals surface area contributed by atoms with Gasteiger partial charge in [-0.15, -0.1) is 0 Å². The number of allylic oxidation sites excluding steroid dienone is 2. The molecule has 3 atom stereocenters. The number of aliphatic hydroxyl groups is 1. The molecule has 0 aromatic rings. The van der Waals surface area contributed by atoms with Crippen LogP contribution in [0.1, 0.15) is 25.7 Å². The first-order chi connectivity index (χ1) is 5.43. The lowest BCUT2D eigenvalue weighted by Crippen LogP contribution is -1.88. The van der Waals surface area contributed by atoms with Crippen LogP contribution >= 0.6 is 0 Å². The molecule has 0 amide bonds. The van der Waals surface area contributed by atoms with Crippen molar-refractivity contribution in [1.82, 2.24) is 0 Å². The van der Waals surface area contributed by atoms with E-state index in [4.69, 9.17) is 5.11 Å². The minimum atomic E-state index is 0.426. The van der Waals surface area contributed by atoms with Crippen LogP contribution in [-0.2, 0) is 0 Å². The summed E-state index contributed by atoms with van der Waals surface area (Å²) in [5, 5.41) is 9.00. The first kappa shape index (κ1) is 7.35. The Hall–Kier alpha value is -0.300. The van der Waals surface area contributed by atoms with Crippen molar-refractivity contribution >= 4 is 0 Å². The molecule has 11 heavy (non-hydrogen) atoms. The van der Waals surface area contributed by atoms with Gasteiger partial charge in [0.05, 0.1) is 0 Å². The molecule has 1 N–H and O–H groups in total. The van der Waals surface area contributed by atoms with E-state index in [1.807, 2.05) is 0 Å². The fourth-order valence-electron chi connectivity index (χ4n) is 2.46. The van der Waals surface area contributed by atoms with E-state index in [9.17, 15) is 0 Å². The highest BCUT2D eigenvalue weighted by molar-refractivity contribution is 5.00. The zero-order chi connectivity index (χ0) is 7.68. The van der Waals surface area contributed by atoms with Crippen molar-refractivity contribution < 1.29 is 5.11 Å². The van der Waals surface area contributed by atoms with Gasteiger partial charge in [0.2, 0.25) is 0 Å². The van der Waals surface area contributed by atoms with Crippen molar-refractivity contribution in [2.45, 2.75) is 25.7 Å². The number of fused-ring (bicyclic) bond motifs is 1. The van der Waals surface area contributed by atoms with Gasteiger partial charge in [0, 0.05) is 6.61 Å². The Kier molecular flexibility index (Phi) is 1.99. The van der Waals surface area contributed by atoms with Crippen LogP contribution < -0.4 is 0 Å². The maximum absolute atomic E-state index is 9.00. The van der Waals surface area contributed by atoms with Crippen LogP contribution in [0.15, 0.2) is 12.2 Å². The number of hydrogen-bond donors (Lipinski definition) is 1. The minimum Gasteiger partial charge on any atom is -0.396 e. The topological polar surface area (TPSA) is 20.2 Å². The molecule has 1 heteroatoms. The Morgan fingerprint density at radius 2 is 1.64 bits per heavy atom. The van der Waals surface area contributed by atoms with Crippen molar-refractivity contribution in [1.29, 1.82) is 0 Å². The molecule has 2 aliphatic carbocycles. The zero-order valence-electron chi connectivity index (χ0n) is 6.87. The highest BCUT2D eigenvalue weighted by Gasteiger charge is 2.47. The third-order valence-electron chi connectivity index (χ3n) is 3.22. The Balaban J connectivity index is 1.91. The van der Waals surface area contributed by atoms with Gasteiger partial charge in [-0.2, -0.15) is 0 Å². The molecule has 0 aromatic carbocycles. The molecular formula is C10H16O. The van der Waals surface area contributed by atoms with Crippen molar-refractivity contribution in [3.05, 3.63) is 12.2 Å². The summed E-state index contributed by atoms with van der Waals surface area (Å²) in [6, 6.07) is 0. The summed E-state index contributed by atoms with van der Waals surface area (Å²) >= 11 is 0. The van der Waals surface area contributed by atoms with Crippen molar-refractivity contribution in [2.24, 2.45) is 17.8 Å². The molecule has 0 bridgehead atoms. The van der Waals surface area contributed by atoms with Crippen LogP contribution in [0.25, 0.3) is 0 Å². The molecule has 62 valence electrons. The minimum absolute atomic E-state index is 0.426. The van der Waals surface area contributed by atoms with Crippen molar-refractivity contribution in [2.75, 3.05) is 6.61 Å². The quantitative estimate of drug-likeness (QED) is 0.569. The summed E-state index contributed by atoms with van der Waals surface area (Å²) in [6.45, 7) is 0.426. The van der Waals surface area contributed by atoms with Crippen molar-refractivity contribution in [3.63, 3.8) is 0 Å². The molecule has 0 aromatic heterocycles. The predicted molar refractivity (Wildman–Crippen MR) is 45.2 cm³/mol. The van der Waals surface area contributed by atoms with Gasteiger partial charge >= 0.3 is 0 Å². The van der Waals surface area contributed by atoms with Crippen LogP contribution in [0, 0.1) is 17.8 Å². The van der Waals surface area contributed by atoms with E-state index in [0.717, 1.165) is 11.8 Å². The summed E-state index contributed by atoms with van der Waals surface area (Å²) in [5.74, 6) is 2.39. The molecule has 2 aliphatic rings. The van der Waals surface area contributed by atoms with E-state index in [-0.39, 0.29) is 0 Å². The van der Waals surface area contributed by atoms with Crippen LogP contribution in [0.5, 0.6) is 0 Å². The monoisotopic (exact) mass is 152 g/mol. The van der Waals surface area contributed by atoms with Gasteiger partial charge < -0.3 is 5.11 Å². The number of hydrogen-bond acceptors (Lipinski definition) is 1. The average molecular weight is 152 g/mol. The second kappa shape index (κ2) is 2.98. The maximum atomic E-state index is 9.00. The number of aliphatic hydroxyl groups excluding tert-OH is 1. The molecule has 0 heterocycles. The van der Waals surface area contributed by atoms with Gasteiger partial charge in [-0.1, -0.05) is 12.2 Å². The van der Waals surface area contributed by atoms with Gasteiger partial charge in [-0.25, -0.2) is 0 Å². The molecule has 1 fully saturated rings. The predicted octanol–water partition coefficient (Wildman–Crippen LogP) is 1.97. The van der Waals surface area contributed by atoms with Gasteiger partial charge in [0.15, 0.2) is 0 Å². The molecule has 0 aliphatic heterocycles. The summed E-state index contributed by atoms with van der Waals surface area (Å²) in [7, 11) is 0. The molecule has 0 spiro atoms. The van der Waals surface area contributed by atoms with E-state index >= 15 is 0 Å². The number of rotatable bonds is 1. The van der Waals surface area contributed by atoms with E-state index in [2.05, 4.69) is 12.2 Å². The maximum Gasteiger partial charge on any atom is 0.0464 e. The fraction of sp³-hybridized carbons (Fsp3) is 0.800. The molecule has 1 unspecified atom stereocenters. The van der Waals surface area contributed by atoms with Crippen LogP contribution in [0.3, 0.4) is 0 Å². The highest BCUT2D eigenvalue weighted by atomic mass is 16.3. The van der Waals surface area contributed by atoms with Gasteiger partial charge in [0.25, 0.3) is 0 Å². The van der Waals surface area contributed by atoms with Gasteiger partial charge in [-0.3, -0.25) is 0 Å². The lowest BCUT2D eigenvalue weighted by molar-refractivity contribution is 0.262. The zero-order valence-corrected chi connectivity index (χ0v) is 6.87. The normalized spacial score (nSPS) is 45.4. The Labute approximate surface area is 68.1 Å². The van der Waals surface area contributed by atoms with Crippen LogP contribution in [0.2, 0.25) is 0 Å². The van der Waals surface area contributed by atoms with Crippen molar-refractivity contribution in [3.8, 4) is 0 Å². The second-order valence-corrected chi connectivity index (χ2v) is 3.80. The van der Waals surface area contributed by atoms with E-state index in [0.29, 0.717) is 12.5 Å². The Morgan fingerprint density at radius 1 is 1.09 bits per heavy atom. The average Bonchev–Trinajstić information content (AvgIpc) is 2.60. The van der Waals surface area contributed by atoms with Gasteiger partial charge in [-0.05, 0) is 43.4 Å². The Morgan fingerprint density at radius 3 is 2.09 bits per heavy atom. The smallest absolute Gasteiger partial charge is 0.0464 e. The van der Waals surface area contributed by atoms with Gasteiger partial charge in [0.1, 0.15) is 0 Å². The van der Waals surface area contributed by atoms with E-state index < -0.39 is 0 Å². The third kappa shape index (κ3) is 1.34. The molecular weight excluding hydrogens is 136 g/mol. The lowest BCUT2D eigenvalue weighted by Gasteiger charge is -1.99. The van der Waals surface area contributed by atoms with Crippen LogP contribution in [-0.4, -0.2) is 11.7 Å². The molecule has 0 saturated heterocycles. The first-order valence-electron chi connectivity index (χ1n) is 4.69. The molecule has 1 nitrogen and oxygen atoms in total. The largest absolute Gasteiger partial charge is 0.396 e. The molecule has 0 radical (unpaired) electrons. The Bertz CT molecular complexity index is 146. The lowest BCUT2D eigenvalue weighted by atomic mass is 10.1. The van der Waals surface area contributed by atoms with E-state index in [1.54, 1.807) is 0 Å². The van der Waals surface area contributed by atoms with E-state index in [1.165, 1.54) is 25.7 Å². The SMILES string of the molecule is OCC1[C@H]2CC/C=C\CC[C@@H]12. The summed E-state index contributed by atoms with van der Waals surface area (Å²) in [4.78, 5) is 0. The summed E-state index contributed by atoms with van der Waals surface area (Å²) in [6.07, 6.45) is 9.68. The third-order valence-corrected chi connectivity index (χ3v) is 3.22. The summed E-state index contributed by atoms with van der Waals surface area (Å²) < 4.78 is 0. The molecule has 2 rings (SSSR count). The second-order valence-electron chi connectivity index (χ2n) is 3.80. The fourth-order valence-corrected chi connectivity index (χ4v) is 2.46.